The number of aliphatic carboxylic acids is 1. The van der Waals surface area contributed by atoms with Gasteiger partial charge in [-0.25, -0.2) is 4.79 Å². The SMILES string of the molecule is O=C(O)CCNC(=O)c1ccc(CN(C(=O)Nc2ccc3c(c2)OC(F)(F)C(F)(F)O3)c2ccc(C3=CCCCC3)cc2)cc1. The van der Waals surface area contributed by atoms with Gasteiger partial charge in [-0.2, -0.15) is 17.6 Å². The number of urea groups is 1. The normalized spacial score (nSPS) is 16.2. The molecule has 0 aromatic heterocycles. The van der Waals surface area contributed by atoms with E-state index in [4.69, 9.17) is 5.11 Å². The molecule has 0 spiro atoms. The van der Waals surface area contributed by atoms with Crippen LogP contribution in [-0.4, -0.2) is 41.8 Å². The Labute approximate surface area is 255 Å². The van der Waals surface area contributed by atoms with Crippen molar-refractivity contribution in [2.24, 2.45) is 0 Å². The van der Waals surface area contributed by atoms with Crippen LogP contribution in [0, 0.1) is 0 Å². The highest BCUT2D eigenvalue weighted by molar-refractivity contribution is 6.02. The number of alkyl halides is 4. The molecule has 1 aliphatic carbocycles. The second kappa shape index (κ2) is 12.9. The number of rotatable bonds is 9. The van der Waals surface area contributed by atoms with Gasteiger partial charge >= 0.3 is 24.2 Å². The van der Waals surface area contributed by atoms with Crippen molar-refractivity contribution in [3.05, 3.63) is 89.5 Å². The average Bonchev–Trinajstić information content (AvgIpc) is 3.01. The van der Waals surface area contributed by atoms with Crippen LogP contribution >= 0.6 is 0 Å². The molecule has 0 atom stereocenters. The Balaban J connectivity index is 1.37. The molecule has 0 saturated heterocycles. The van der Waals surface area contributed by atoms with Crippen molar-refractivity contribution in [2.75, 3.05) is 16.8 Å². The summed E-state index contributed by atoms with van der Waals surface area (Å²) in [4.78, 5) is 38.0. The second-order valence-electron chi connectivity index (χ2n) is 10.5. The summed E-state index contributed by atoms with van der Waals surface area (Å²) in [5.74, 6) is -2.77. The van der Waals surface area contributed by atoms with E-state index in [1.54, 1.807) is 24.3 Å². The van der Waals surface area contributed by atoms with Crippen molar-refractivity contribution in [1.82, 2.24) is 5.32 Å². The van der Waals surface area contributed by atoms with Crippen LogP contribution in [0.4, 0.5) is 33.7 Å². The Morgan fingerprint density at radius 3 is 2.20 bits per heavy atom. The van der Waals surface area contributed by atoms with Gasteiger partial charge in [0, 0.05) is 29.5 Å². The zero-order chi connectivity index (χ0) is 32.2. The number of hydrogen-bond donors (Lipinski definition) is 3. The fourth-order valence-electron chi connectivity index (χ4n) is 4.90. The molecule has 13 heteroatoms. The number of fused-ring (bicyclic) bond motifs is 1. The zero-order valence-electron chi connectivity index (χ0n) is 23.8. The Kier molecular flexibility index (Phi) is 8.98. The molecule has 0 unspecified atom stereocenters. The minimum Gasteiger partial charge on any atom is -0.481 e. The van der Waals surface area contributed by atoms with Crippen molar-refractivity contribution in [3.63, 3.8) is 0 Å². The number of benzene rings is 3. The standard InChI is InChI=1S/C32H29F4N3O6/c33-31(34)32(35,36)45-27-18-24(12-15-26(27)44-31)38-30(43)39(25-13-10-22(11-14-25)21-4-2-1-3-5-21)19-20-6-8-23(9-7-20)29(42)37-17-16-28(40)41/h4,6-15,18H,1-3,5,16-17,19H2,(H,37,42)(H,38,43)(H,40,41). The van der Waals surface area contributed by atoms with Crippen LogP contribution in [0.25, 0.3) is 5.57 Å². The fourth-order valence-corrected chi connectivity index (χ4v) is 4.90. The number of nitrogens with zero attached hydrogens (tertiary/aromatic N) is 1. The van der Waals surface area contributed by atoms with E-state index in [0.29, 0.717) is 16.8 Å². The van der Waals surface area contributed by atoms with Gasteiger partial charge in [-0.15, -0.1) is 0 Å². The van der Waals surface area contributed by atoms with Crippen molar-refractivity contribution in [2.45, 2.75) is 50.9 Å². The first-order valence-electron chi connectivity index (χ1n) is 14.2. The number of carboxylic acids is 1. The maximum absolute atomic E-state index is 13.7. The summed E-state index contributed by atoms with van der Waals surface area (Å²) in [6.07, 6.45) is -3.62. The average molecular weight is 628 g/mol. The molecule has 0 radical (unpaired) electrons. The maximum Gasteiger partial charge on any atom is 0.507 e. The van der Waals surface area contributed by atoms with Gasteiger partial charge in [0.15, 0.2) is 11.5 Å². The number of allylic oxidation sites excluding steroid dienone is 2. The Morgan fingerprint density at radius 2 is 1.56 bits per heavy atom. The van der Waals surface area contributed by atoms with E-state index in [2.05, 4.69) is 26.2 Å². The minimum absolute atomic E-state index is 0.00859. The number of amides is 3. The Hall–Kier alpha value is -5.07. The van der Waals surface area contributed by atoms with Crippen molar-refractivity contribution < 1.29 is 46.5 Å². The molecule has 5 rings (SSSR count). The highest BCUT2D eigenvalue weighted by atomic mass is 19.3. The largest absolute Gasteiger partial charge is 0.507 e. The monoisotopic (exact) mass is 627 g/mol. The van der Waals surface area contributed by atoms with Crippen molar-refractivity contribution >= 4 is 34.9 Å². The van der Waals surface area contributed by atoms with Crippen LogP contribution in [-0.2, 0) is 11.3 Å². The summed E-state index contributed by atoms with van der Waals surface area (Å²) in [7, 11) is 0. The molecule has 3 aromatic carbocycles. The summed E-state index contributed by atoms with van der Waals surface area (Å²) in [6.45, 7) is 0.000326. The molecule has 3 N–H and O–H groups in total. The molecule has 3 amide bonds. The molecule has 0 fully saturated rings. The van der Waals surface area contributed by atoms with E-state index >= 15 is 0 Å². The highest BCUT2D eigenvalue weighted by Gasteiger charge is 2.65. The van der Waals surface area contributed by atoms with Gasteiger partial charge in [-0.1, -0.05) is 30.3 Å². The third-order valence-corrected chi connectivity index (χ3v) is 7.28. The van der Waals surface area contributed by atoms with Gasteiger partial charge in [0.25, 0.3) is 5.91 Å². The van der Waals surface area contributed by atoms with Gasteiger partial charge in [-0.05, 0) is 78.8 Å². The van der Waals surface area contributed by atoms with Crippen LogP contribution in [0.2, 0.25) is 0 Å². The Morgan fingerprint density at radius 1 is 0.867 bits per heavy atom. The molecule has 1 aliphatic heterocycles. The number of carbonyl (C=O) groups is 3. The number of anilines is 2. The van der Waals surface area contributed by atoms with Crippen LogP contribution < -0.4 is 25.0 Å². The quantitative estimate of drug-likeness (QED) is 0.219. The summed E-state index contributed by atoms with van der Waals surface area (Å²) >= 11 is 0. The van der Waals surface area contributed by atoms with E-state index in [0.717, 1.165) is 43.4 Å². The van der Waals surface area contributed by atoms with E-state index in [1.165, 1.54) is 28.7 Å². The first-order chi connectivity index (χ1) is 21.4. The highest BCUT2D eigenvalue weighted by Crippen LogP contribution is 2.47. The molecular formula is C32H29F4N3O6. The van der Waals surface area contributed by atoms with E-state index in [-0.39, 0.29) is 25.2 Å². The molecular weight excluding hydrogens is 598 g/mol. The molecule has 236 valence electrons. The first kappa shape index (κ1) is 31.4. The van der Waals surface area contributed by atoms with E-state index in [1.807, 2.05) is 12.1 Å². The van der Waals surface area contributed by atoms with Gasteiger partial charge in [0.2, 0.25) is 0 Å². The molecule has 2 aliphatic rings. The first-order valence-corrected chi connectivity index (χ1v) is 14.2. The smallest absolute Gasteiger partial charge is 0.481 e. The summed E-state index contributed by atoms with van der Waals surface area (Å²) < 4.78 is 62.9. The number of carbonyl (C=O) groups excluding carboxylic acids is 2. The maximum atomic E-state index is 13.7. The van der Waals surface area contributed by atoms with Gasteiger partial charge in [0.1, 0.15) is 0 Å². The molecule has 0 bridgehead atoms. The third kappa shape index (κ3) is 7.36. The van der Waals surface area contributed by atoms with Crippen LogP contribution in [0.3, 0.4) is 0 Å². The third-order valence-electron chi connectivity index (χ3n) is 7.28. The summed E-state index contributed by atoms with van der Waals surface area (Å²) in [6, 6.07) is 16.2. The molecule has 9 nitrogen and oxygen atoms in total. The lowest BCUT2D eigenvalue weighted by atomic mass is 9.93. The molecule has 0 saturated carbocycles. The number of carboxylic acid groups (broad SMARTS) is 1. The number of halogens is 4. The molecule has 3 aromatic rings. The predicted molar refractivity (Wildman–Crippen MR) is 157 cm³/mol. The van der Waals surface area contributed by atoms with E-state index in [9.17, 15) is 31.9 Å². The zero-order valence-corrected chi connectivity index (χ0v) is 23.8. The second-order valence-corrected chi connectivity index (χ2v) is 10.5. The Bertz CT molecular complexity index is 1610. The van der Waals surface area contributed by atoms with Gasteiger partial charge in [-0.3, -0.25) is 14.5 Å². The van der Waals surface area contributed by atoms with Crippen molar-refractivity contribution in [3.8, 4) is 11.5 Å². The summed E-state index contributed by atoms with van der Waals surface area (Å²) in [5, 5.41) is 13.9. The van der Waals surface area contributed by atoms with Gasteiger partial charge < -0.3 is 25.2 Å². The van der Waals surface area contributed by atoms with E-state index < -0.39 is 41.6 Å². The summed E-state index contributed by atoms with van der Waals surface area (Å²) in [5.41, 5.74) is 3.68. The van der Waals surface area contributed by atoms with Crippen molar-refractivity contribution in [1.29, 1.82) is 0 Å². The lowest BCUT2D eigenvalue weighted by Crippen LogP contribution is -2.52. The lowest BCUT2D eigenvalue weighted by Gasteiger charge is -2.32. The molecule has 1 heterocycles. The fraction of sp³-hybridized carbons (Fsp3) is 0.281. The van der Waals surface area contributed by atoms with Crippen LogP contribution in [0.5, 0.6) is 11.5 Å². The number of ether oxygens (including phenoxy) is 2. The van der Waals surface area contributed by atoms with Crippen LogP contribution in [0.1, 0.15) is 53.6 Å². The molecule has 45 heavy (non-hydrogen) atoms. The predicted octanol–water partition coefficient (Wildman–Crippen LogP) is 7.04. The number of nitrogens with one attached hydrogen (secondary N) is 2. The van der Waals surface area contributed by atoms with Gasteiger partial charge in [0.05, 0.1) is 13.0 Å². The van der Waals surface area contributed by atoms with Crippen LogP contribution in [0.15, 0.2) is 72.8 Å². The number of hydrogen-bond acceptors (Lipinski definition) is 5. The lowest BCUT2D eigenvalue weighted by molar-refractivity contribution is -0.391. The topological polar surface area (TPSA) is 117 Å². The minimum atomic E-state index is -4.91.